The lowest BCUT2D eigenvalue weighted by atomic mass is 10.1. The first-order valence-corrected chi connectivity index (χ1v) is 6.29. The molecule has 0 saturated carbocycles. The van der Waals surface area contributed by atoms with E-state index in [0.717, 1.165) is 23.1 Å². The predicted octanol–water partition coefficient (Wildman–Crippen LogP) is 4.24. The summed E-state index contributed by atoms with van der Waals surface area (Å²) in [4.78, 5) is 0. The molecule has 2 aromatic carbocycles. The lowest BCUT2D eigenvalue weighted by Crippen LogP contribution is -2.04. The van der Waals surface area contributed by atoms with Crippen LogP contribution in [0, 0.1) is 24.4 Å². The number of fused-ring (bicyclic) bond motifs is 1. The SMILES string of the molecule is Cc1cccc2cc(C(O)c3ccc(F)c(F)c3F)oc12. The van der Waals surface area contributed by atoms with E-state index < -0.39 is 23.6 Å². The van der Waals surface area contributed by atoms with Gasteiger partial charge in [-0.25, -0.2) is 13.2 Å². The molecule has 21 heavy (non-hydrogen) atoms. The molecule has 0 saturated heterocycles. The van der Waals surface area contributed by atoms with Crippen LogP contribution in [0.2, 0.25) is 0 Å². The standard InChI is InChI=1S/C16H11F3O2/c1-8-3-2-4-9-7-12(21-16(8)9)15(20)10-5-6-11(17)14(19)13(10)18/h2-7,15,20H,1H3. The number of hydrogen-bond donors (Lipinski definition) is 1. The summed E-state index contributed by atoms with van der Waals surface area (Å²) in [6.45, 7) is 1.83. The second-order valence-corrected chi connectivity index (χ2v) is 4.81. The van der Waals surface area contributed by atoms with E-state index in [1.54, 1.807) is 12.1 Å². The summed E-state index contributed by atoms with van der Waals surface area (Å²) >= 11 is 0. The number of hydrogen-bond acceptors (Lipinski definition) is 2. The zero-order valence-electron chi connectivity index (χ0n) is 11.0. The lowest BCUT2D eigenvalue weighted by Gasteiger charge is -2.10. The molecule has 1 atom stereocenters. The second-order valence-electron chi connectivity index (χ2n) is 4.81. The highest BCUT2D eigenvalue weighted by atomic mass is 19.2. The maximum atomic E-state index is 13.7. The van der Waals surface area contributed by atoms with Gasteiger partial charge in [-0.05, 0) is 30.7 Å². The Hall–Kier alpha value is -2.27. The van der Waals surface area contributed by atoms with Crippen molar-refractivity contribution >= 4 is 11.0 Å². The highest BCUT2D eigenvalue weighted by Crippen LogP contribution is 2.31. The van der Waals surface area contributed by atoms with Gasteiger partial charge >= 0.3 is 0 Å². The minimum atomic E-state index is -1.61. The summed E-state index contributed by atoms with van der Waals surface area (Å²) in [5.74, 6) is -4.26. The van der Waals surface area contributed by atoms with Gasteiger partial charge in [-0.1, -0.05) is 18.2 Å². The molecule has 0 amide bonds. The molecule has 0 aliphatic heterocycles. The Morgan fingerprint density at radius 3 is 2.52 bits per heavy atom. The zero-order valence-corrected chi connectivity index (χ0v) is 11.0. The number of aliphatic hydroxyl groups is 1. The van der Waals surface area contributed by atoms with Crippen molar-refractivity contribution in [3.8, 4) is 0 Å². The number of para-hydroxylation sites is 1. The van der Waals surface area contributed by atoms with Crippen LogP contribution in [0.3, 0.4) is 0 Å². The molecule has 0 aliphatic rings. The van der Waals surface area contributed by atoms with Crippen LogP contribution in [0.25, 0.3) is 11.0 Å². The average molecular weight is 292 g/mol. The highest BCUT2D eigenvalue weighted by molar-refractivity contribution is 5.81. The third-order valence-electron chi connectivity index (χ3n) is 3.39. The third-order valence-corrected chi connectivity index (χ3v) is 3.39. The van der Waals surface area contributed by atoms with E-state index >= 15 is 0 Å². The molecule has 3 rings (SSSR count). The van der Waals surface area contributed by atoms with Gasteiger partial charge < -0.3 is 9.52 Å². The summed E-state index contributed by atoms with van der Waals surface area (Å²) in [5, 5.41) is 10.9. The Kier molecular flexibility index (Phi) is 3.22. The Balaban J connectivity index is 2.10. The number of rotatable bonds is 2. The van der Waals surface area contributed by atoms with Crippen LogP contribution in [0.5, 0.6) is 0 Å². The third kappa shape index (κ3) is 2.19. The van der Waals surface area contributed by atoms with Gasteiger partial charge in [0, 0.05) is 10.9 Å². The fourth-order valence-electron chi connectivity index (χ4n) is 2.27. The van der Waals surface area contributed by atoms with Gasteiger partial charge in [-0.2, -0.15) is 0 Å². The van der Waals surface area contributed by atoms with Gasteiger partial charge in [-0.3, -0.25) is 0 Å². The second kappa shape index (κ2) is 4.93. The number of furan rings is 1. The molecule has 0 fully saturated rings. The predicted molar refractivity (Wildman–Crippen MR) is 71.3 cm³/mol. The average Bonchev–Trinajstić information content (AvgIpc) is 2.90. The smallest absolute Gasteiger partial charge is 0.194 e. The molecule has 108 valence electrons. The van der Waals surface area contributed by atoms with Gasteiger partial charge in [0.1, 0.15) is 17.4 Å². The fraction of sp³-hybridized carbons (Fsp3) is 0.125. The molecule has 1 aromatic heterocycles. The normalized spacial score (nSPS) is 12.8. The van der Waals surface area contributed by atoms with E-state index in [-0.39, 0.29) is 11.3 Å². The van der Waals surface area contributed by atoms with Crippen molar-refractivity contribution in [1.82, 2.24) is 0 Å². The Morgan fingerprint density at radius 1 is 1.05 bits per heavy atom. The van der Waals surface area contributed by atoms with Crippen LogP contribution in [0.4, 0.5) is 13.2 Å². The number of halogens is 3. The summed E-state index contributed by atoms with van der Waals surface area (Å²) in [7, 11) is 0. The summed E-state index contributed by atoms with van der Waals surface area (Å²) < 4.78 is 45.4. The summed E-state index contributed by atoms with van der Waals surface area (Å²) in [5.41, 5.74) is 1.05. The first kappa shape index (κ1) is 13.7. The minimum absolute atomic E-state index is 0.0733. The van der Waals surface area contributed by atoms with Crippen LogP contribution >= 0.6 is 0 Å². The van der Waals surface area contributed by atoms with Gasteiger partial charge in [0.15, 0.2) is 17.5 Å². The Bertz CT molecular complexity index is 824. The molecule has 0 bridgehead atoms. The molecule has 1 unspecified atom stereocenters. The monoisotopic (exact) mass is 292 g/mol. The molecule has 1 heterocycles. The number of aryl methyl sites for hydroxylation is 1. The topological polar surface area (TPSA) is 33.4 Å². The molecular formula is C16H11F3O2. The van der Waals surface area contributed by atoms with Crippen molar-refractivity contribution in [2.24, 2.45) is 0 Å². The van der Waals surface area contributed by atoms with Gasteiger partial charge in [0.25, 0.3) is 0 Å². The summed E-state index contributed by atoms with van der Waals surface area (Å²) in [6, 6.07) is 8.75. The fourth-order valence-corrected chi connectivity index (χ4v) is 2.27. The zero-order chi connectivity index (χ0) is 15.1. The first-order valence-electron chi connectivity index (χ1n) is 6.29. The maximum absolute atomic E-state index is 13.7. The summed E-state index contributed by atoms with van der Waals surface area (Å²) in [6.07, 6.45) is -1.51. The van der Waals surface area contributed by atoms with E-state index in [1.807, 2.05) is 19.1 Å². The van der Waals surface area contributed by atoms with E-state index in [4.69, 9.17) is 4.42 Å². The van der Waals surface area contributed by atoms with E-state index in [2.05, 4.69) is 0 Å². The number of aliphatic hydroxyl groups excluding tert-OH is 1. The van der Waals surface area contributed by atoms with Crippen molar-refractivity contribution in [2.75, 3.05) is 0 Å². The van der Waals surface area contributed by atoms with Gasteiger partial charge in [-0.15, -0.1) is 0 Å². The quantitative estimate of drug-likeness (QED) is 0.717. The van der Waals surface area contributed by atoms with E-state index in [9.17, 15) is 18.3 Å². The van der Waals surface area contributed by atoms with Crippen LogP contribution in [-0.2, 0) is 0 Å². The van der Waals surface area contributed by atoms with Crippen LogP contribution in [0.15, 0.2) is 40.8 Å². The van der Waals surface area contributed by atoms with E-state index in [0.29, 0.717) is 5.58 Å². The van der Waals surface area contributed by atoms with Gasteiger partial charge in [0.05, 0.1) is 0 Å². The highest BCUT2D eigenvalue weighted by Gasteiger charge is 2.23. The van der Waals surface area contributed by atoms with Crippen molar-refractivity contribution in [3.63, 3.8) is 0 Å². The van der Waals surface area contributed by atoms with Gasteiger partial charge in [0.2, 0.25) is 0 Å². The molecule has 0 radical (unpaired) electrons. The van der Waals surface area contributed by atoms with E-state index in [1.165, 1.54) is 0 Å². The first-order chi connectivity index (χ1) is 9.99. The van der Waals surface area contributed by atoms with Crippen LogP contribution in [-0.4, -0.2) is 5.11 Å². The van der Waals surface area contributed by atoms with Crippen LogP contribution in [0.1, 0.15) is 23.0 Å². The van der Waals surface area contributed by atoms with Crippen molar-refractivity contribution in [1.29, 1.82) is 0 Å². The maximum Gasteiger partial charge on any atom is 0.194 e. The van der Waals surface area contributed by atoms with Crippen LogP contribution < -0.4 is 0 Å². The van der Waals surface area contributed by atoms with Crippen molar-refractivity contribution in [2.45, 2.75) is 13.0 Å². The molecule has 3 aromatic rings. The molecule has 5 heteroatoms. The molecule has 0 spiro atoms. The largest absolute Gasteiger partial charge is 0.458 e. The Labute approximate surface area is 118 Å². The molecule has 0 aliphatic carbocycles. The minimum Gasteiger partial charge on any atom is -0.458 e. The molecular weight excluding hydrogens is 281 g/mol. The number of benzene rings is 2. The van der Waals surface area contributed by atoms with Crippen molar-refractivity contribution in [3.05, 3.63) is 70.7 Å². The lowest BCUT2D eigenvalue weighted by molar-refractivity contribution is 0.185. The molecule has 1 N–H and O–H groups in total. The Morgan fingerprint density at radius 2 is 1.81 bits per heavy atom. The molecule has 2 nitrogen and oxygen atoms in total. The van der Waals surface area contributed by atoms with Crippen molar-refractivity contribution < 1.29 is 22.7 Å².